The van der Waals surface area contributed by atoms with Gasteiger partial charge in [0.2, 0.25) is 5.95 Å². The Balaban J connectivity index is 0.000000540. The molecule has 7 nitrogen and oxygen atoms in total. The van der Waals surface area contributed by atoms with Gasteiger partial charge < -0.3 is 20.2 Å². The average molecular weight is 496 g/mol. The summed E-state index contributed by atoms with van der Waals surface area (Å²) in [5, 5.41) is 10.5. The fourth-order valence-electron chi connectivity index (χ4n) is 3.95. The van der Waals surface area contributed by atoms with Crippen molar-refractivity contribution in [1.82, 2.24) is 14.9 Å². The fourth-order valence-corrected chi connectivity index (χ4v) is 3.95. The van der Waals surface area contributed by atoms with Crippen molar-refractivity contribution in [3.05, 3.63) is 41.1 Å². The first-order chi connectivity index (χ1) is 16.5. The standard InChI is InChI=1S/C23H35N5.C2HF3O2/c1-5-28(15-9-14-27-12-7-6-8-13-27)22-17-20(4)24-23(26-22)25-21-11-10-18(2)16-19(21)3;3-2(4,5)1(6)7/h10-11,16-17H,5-9,12-15H2,1-4H3,(H,24,25,26);(H,6,7). The Bertz CT molecular complexity index is 963. The van der Waals surface area contributed by atoms with Crippen LogP contribution in [0, 0.1) is 20.8 Å². The third-order valence-electron chi connectivity index (χ3n) is 5.77. The van der Waals surface area contributed by atoms with Gasteiger partial charge in [-0.05, 0) is 78.2 Å². The molecule has 1 aromatic heterocycles. The second kappa shape index (κ2) is 13.3. The van der Waals surface area contributed by atoms with E-state index in [2.05, 4.69) is 65.1 Å². The number of likely N-dealkylation sites (tertiary alicyclic amines) is 1. The van der Waals surface area contributed by atoms with Crippen LogP contribution >= 0.6 is 0 Å². The number of halogens is 3. The van der Waals surface area contributed by atoms with E-state index in [1.54, 1.807) is 0 Å². The summed E-state index contributed by atoms with van der Waals surface area (Å²) in [5.41, 5.74) is 4.53. The van der Waals surface area contributed by atoms with Gasteiger partial charge in [0.25, 0.3) is 0 Å². The quantitative estimate of drug-likeness (QED) is 0.502. The van der Waals surface area contributed by atoms with E-state index >= 15 is 0 Å². The minimum atomic E-state index is -5.08. The van der Waals surface area contributed by atoms with E-state index < -0.39 is 12.1 Å². The summed E-state index contributed by atoms with van der Waals surface area (Å²) in [4.78, 5) is 23.3. The van der Waals surface area contributed by atoms with E-state index in [1.165, 1.54) is 56.4 Å². The molecule has 0 atom stereocenters. The highest BCUT2D eigenvalue weighted by molar-refractivity contribution is 5.73. The Morgan fingerprint density at radius 2 is 1.77 bits per heavy atom. The lowest BCUT2D eigenvalue weighted by Gasteiger charge is -2.28. The van der Waals surface area contributed by atoms with Crippen molar-refractivity contribution >= 4 is 23.4 Å². The third-order valence-corrected chi connectivity index (χ3v) is 5.77. The predicted octanol–water partition coefficient (Wildman–Crippen LogP) is 5.48. The van der Waals surface area contributed by atoms with Gasteiger partial charge in [-0.25, -0.2) is 9.78 Å². The highest BCUT2D eigenvalue weighted by Crippen LogP contribution is 2.22. The molecule has 0 saturated carbocycles. The molecule has 0 spiro atoms. The Labute approximate surface area is 205 Å². The molecule has 1 aliphatic heterocycles. The van der Waals surface area contributed by atoms with E-state index in [0.717, 1.165) is 30.3 Å². The van der Waals surface area contributed by atoms with Crippen LogP contribution in [0.15, 0.2) is 24.3 Å². The molecule has 0 unspecified atom stereocenters. The number of anilines is 3. The molecule has 2 aromatic rings. The van der Waals surface area contributed by atoms with Gasteiger partial charge in [-0.1, -0.05) is 24.1 Å². The van der Waals surface area contributed by atoms with Crippen molar-refractivity contribution in [2.24, 2.45) is 0 Å². The van der Waals surface area contributed by atoms with Crippen LogP contribution < -0.4 is 10.2 Å². The van der Waals surface area contributed by atoms with Crippen molar-refractivity contribution in [1.29, 1.82) is 0 Å². The van der Waals surface area contributed by atoms with Crippen LogP contribution in [0.4, 0.5) is 30.6 Å². The number of hydrogen-bond donors (Lipinski definition) is 2. The molecule has 2 N–H and O–H groups in total. The maximum Gasteiger partial charge on any atom is 0.490 e. The molecule has 0 bridgehead atoms. The van der Waals surface area contributed by atoms with Gasteiger partial charge in [-0.15, -0.1) is 0 Å². The molecule has 3 rings (SSSR count). The zero-order valence-corrected chi connectivity index (χ0v) is 21.0. The lowest BCUT2D eigenvalue weighted by molar-refractivity contribution is -0.192. The molecule has 1 aromatic carbocycles. The number of aryl methyl sites for hydroxylation is 3. The lowest BCUT2D eigenvalue weighted by Crippen LogP contribution is -2.33. The van der Waals surface area contributed by atoms with Crippen molar-refractivity contribution in [2.45, 2.75) is 59.6 Å². The Morgan fingerprint density at radius 1 is 1.11 bits per heavy atom. The van der Waals surface area contributed by atoms with Crippen LogP contribution in [0.25, 0.3) is 0 Å². The molecular formula is C25H36F3N5O2. The maximum absolute atomic E-state index is 10.6. The zero-order valence-electron chi connectivity index (χ0n) is 21.0. The number of nitrogens with zero attached hydrogens (tertiary/aromatic N) is 4. The largest absolute Gasteiger partial charge is 0.490 e. The van der Waals surface area contributed by atoms with Gasteiger partial charge in [0.15, 0.2) is 0 Å². The number of benzene rings is 1. The van der Waals surface area contributed by atoms with Gasteiger partial charge in [0.1, 0.15) is 5.82 Å². The number of aliphatic carboxylic acids is 1. The lowest BCUT2D eigenvalue weighted by atomic mass is 10.1. The smallest absolute Gasteiger partial charge is 0.475 e. The van der Waals surface area contributed by atoms with Crippen molar-refractivity contribution < 1.29 is 23.1 Å². The topological polar surface area (TPSA) is 81.6 Å². The van der Waals surface area contributed by atoms with Gasteiger partial charge in [-0.3, -0.25) is 0 Å². The molecule has 35 heavy (non-hydrogen) atoms. The number of carboxylic acids is 1. The molecule has 1 fully saturated rings. The number of rotatable bonds is 8. The van der Waals surface area contributed by atoms with Crippen molar-refractivity contribution in [3.8, 4) is 0 Å². The van der Waals surface area contributed by atoms with Gasteiger partial charge in [-0.2, -0.15) is 18.2 Å². The number of hydrogen-bond acceptors (Lipinski definition) is 6. The Morgan fingerprint density at radius 3 is 2.34 bits per heavy atom. The minimum absolute atomic E-state index is 0.677. The van der Waals surface area contributed by atoms with E-state index in [9.17, 15) is 13.2 Å². The summed E-state index contributed by atoms with van der Waals surface area (Å²) in [6, 6.07) is 8.49. The van der Waals surface area contributed by atoms with Gasteiger partial charge >= 0.3 is 12.1 Å². The number of carboxylic acid groups (broad SMARTS) is 1. The molecule has 194 valence electrons. The SMILES string of the molecule is CCN(CCCN1CCCCC1)c1cc(C)nc(Nc2ccc(C)cc2C)n1.O=C(O)C(F)(F)F. The number of carbonyl (C=O) groups is 1. The molecule has 0 aliphatic carbocycles. The minimum Gasteiger partial charge on any atom is -0.475 e. The fraction of sp³-hybridized carbons (Fsp3) is 0.560. The van der Waals surface area contributed by atoms with E-state index in [4.69, 9.17) is 14.9 Å². The highest BCUT2D eigenvalue weighted by Gasteiger charge is 2.38. The van der Waals surface area contributed by atoms with Crippen LogP contribution in [0.3, 0.4) is 0 Å². The molecule has 0 radical (unpaired) electrons. The van der Waals surface area contributed by atoms with Crippen LogP contribution in [0.2, 0.25) is 0 Å². The van der Waals surface area contributed by atoms with Crippen LogP contribution in [-0.2, 0) is 4.79 Å². The van der Waals surface area contributed by atoms with E-state index in [1.807, 2.05) is 6.92 Å². The van der Waals surface area contributed by atoms with Gasteiger partial charge in [0.05, 0.1) is 0 Å². The van der Waals surface area contributed by atoms with E-state index in [-0.39, 0.29) is 0 Å². The molecule has 1 saturated heterocycles. The van der Waals surface area contributed by atoms with Crippen molar-refractivity contribution in [2.75, 3.05) is 42.9 Å². The van der Waals surface area contributed by atoms with Crippen LogP contribution in [0.5, 0.6) is 0 Å². The molecule has 10 heteroatoms. The first kappa shape index (κ1) is 28.4. The van der Waals surface area contributed by atoms with Gasteiger partial charge in [0, 0.05) is 30.5 Å². The summed E-state index contributed by atoms with van der Waals surface area (Å²) in [5.74, 6) is -1.06. The second-order valence-electron chi connectivity index (χ2n) is 8.77. The number of piperidine rings is 1. The zero-order chi connectivity index (χ0) is 26.0. The number of nitrogens with one attached hydrogen (secondary N) is 1. The van der Waals surface area contributed by atoms with E-state index in [0.29, 0.717) is 5.95 Å². The van der Waals surface area contributed by atoms with Crippen LogP contribution in [0.1, 0.15) is 49.4 Å². The highest BCUT2D eigenvalue weighted by atomic mass is 19.4. The number of aromatic nitrogens is 2. The first-order valence-electron chi connectivity index (χ1n) is 12.0. The molecule has 1 aliphatic rings. The summed E-state index contributed by atoms with van der Waals surface area (Å²) in [6.45, 7) is 14.2. The molecule has 0 amide bonds. The average Bonchev–Trinajstić information content (AvgIpc) is 2.79. The summed E-state index contributed by atoms with van der Waals surface area (Å²) in [7, 11) is 0. The maximum atomic E-state index is 10.6. The predicted molar refractivity (Wildman–Crippen MR) is 132 cm³/mol. The first-order valence-corrected chi connectivity index (χ1v) is 12.0. The van der Waals surface area contributed by atoms with Crippen molar-refractivity contribution in [3.63, 3.8) is 0 Å². The summed E-state index contributed by atoms with van der Waals surface area (Å²) in [6.07, 6.45) is 0.205. The molecule has 2 heterocycles. The molecular weight excluding hydrogens is 459 g/mol. The summed E-state index contributed by atoms with van der Waals surface area (Å²) >= 11 is 0. The third kappa shape index (κ3) is 9.71. The van der Waals surface area contributed by atoms with Crippen LogP contribution in [-0.4, -0.2) is 64.8 Å². The number of alkyl halides is 3. The summed E-state index contributed by atoms with van der Waals surface area (Å²) < 4.78 is 31.7. The monoisotopic (exact) mass is 495 g/mol. The normalized spacial score (nSPS) is 14.1. The second-order valence-corrected chi connectivity index (χ2v) is 8.77. The Kier molecular flexibility index (Phi) is 10.8. The Hall–Kier alpha value is -2.88.